The van der Waals surface area contributed by atoms with E-state index >= 15 is 0 Å². The van der Waals surface area contributed by atoms with Crippen LogP contribution in [-0.4, -0.2) is 24.2 Å². The van der Waals surface area contributed by atoms with E-state index in [0.717, 1.165) is 16.9 Å². The van der Waals surface area contributed by atoms with Crippen LogP contribution >= 0.6 is 0 Å². The van der Waals surface area contributed by atoms with Gasteiger partial charge in [0.1, 0.15) is 18.4 Å². The van der Waals surface area contributed by atoms with Gasteiger partial charge in [0, 0.05) is 11.2 Å². The van der Waals surface area contributed by atoms with Crippen LogP contribution in [0.1, 0.15) is 17.2 Å². The second-order valence-corrected chi connectivity index (χ2v) is 7.56. The summed E-state index contributed by atoms with van der Waals surface area (Å²) >= 11 is -1.34. The number of ether oxygens (including phenoxy) is 2. The van der Waals surface area contributed by atoms with Gasteiger partial charge >= 0.3 is 0 Å². The fourth-order valence-corrected chi connectivity index (χ4v) is 4.19. The van der Waals surface area contributed by atoms with Gasteiger partial charge in [-0.15, -0.1) is 0 Å². The smallest absolute Gasteiger partial charge is 0.222 e. The summed E-state index contributed by atoms with van der Waals surface area (Å²) in [5.41, 5.74) is 1.88. The topological polar surface area (TPSA) is 53.9 Å². The summed E-state index contributed by atoms with van der Waals surface area (Å²) in [5.74, 6) is 1.28. The number of hydrogen-bond donors (Lipinski definition) is 0. The molecule has 3 aromatic rings. The second kappa shape index (κ2) is 7.86. The number of nitrogens with zero attached hydrogens (tertiary/aromatic N) is 1. The quantitative estimate of drug-likeness (QED) is 0.620. The van der Waals surface area contributed by atoms with E-state index in [1.54, 1.807) is 7.11 Å². The number of methoxy groups -OCH3 is 1. The third-order valence-corrected chi connectivity index (χ3v) is 5.88. The van der Waals surface area contributed by atoms with Gasteiger partial charge in [-0.05, 0) is 42.0 Å². The minimum atomic E-state index is -1.34. The van der Waals surface area contributed by atoms with Gasteiger partial charge in [0.15, 0.2) is 9.79 Å². The van der Waals surface area contributed by atoms with Crippen molar-refractivity contribution >= 4 is 17.1 Å². The Bertz CT molecular complexity index is 941. The van der Waals surface area contributed by atoms with Gasteiger partial charge in [-0.1, -0.05) is 42.5 Å². The molecule has 2 atom stereocenters. The maximum atomic E-state index is 13.1. The molecule has 4 rings (SSSR count). The van der Waals surface area contributed by atoms with Crippen LogP contribution in [0, 0.1) is 0 Å². The second-order valence-electron chi connectivity index (χ2n) is 6.11. The molecule has 0 amide bonds. The number of rotatable bonds is 5. The van der Waals surface area contributed by atoms with Crippen LogP contribution in [0.3, 0.4) is 0 Å². The van der Waals surface area contributed by atoms with Crippen molar-refractivity contribution in [3.63, 3.8) is 0 Å². The molecule has 0 spiro atoms. The van der Waals surface area contributed by atoms with E-state index < -0.39 is 11.2 Å². The van der Waals surface area contributed by atoms with E-state index in [2.05, 4.69) is 0 Å². The van der Waals surface area contributed by atoms with Gasteiger partial charge < -0.3 is 14.0 Å². The van der Waals surface area contributed by atoms with Gasteiger partial charge in [-0.2, -0.15) is 0 Å². The van der Waals surface area contributed by atoms with Crippen LogP contribution in [0.15, 0.2) is 93.6 Å². The van der Waals surface area contributed by atoms with E-state index in [9.17, 15) is 4.55 Å². The van der Waals surface area contributed by atoms with Gasteiger partial charge in [-0.3, -0.25) is 0 Å². The highest BCUT2D eigenvalue weighted by Gasteiger charge is 2.27. The van der Waals surface area contributed by atoms with Crippen molar-refractivity contribution in [1.29, 1.82) is 0 Å². The van der Waals surface area contributed by atoms with Crippen molar-refractivity contribution in [2.24, 2.45) is 4.99 Å². The molecule has 27 heavy (non-hydrogen) atoms. The lowest BCUT2D eigenvalue weighted by Crippen LogP contribution is -2.11. The summed E-state index contributed by atoms with van der Waals surface area (Å²) in [4.78, 5) is 6.13. The summed E-state index contributed by atoms with van der Waals surface area (Å²) in [6, 6.07) is 24.8. The van der Waals surface area contributed by atoms with E-state index in [4.69, 9.17) is 14.5 Å². The maximum Gasteiger partial charge on any atom is 0.222 e. The maximum absolute atomic E-state index is 13.1. The molecule has 1 unspecified atom stereocenters. The Hall–Kier alpha value is -2.76. The number of hydrogen-bond acceptors (Lipinski definition) is 4. The lowest BCUT2D eigenvalue weighted by Gasteiger charge is -2.13. The fraction of sp³-hybridized carbons (Fsp3) is 0.136. The molecular formula is C22H19NO3S. The van der Waals surface area contributed by atoms with Crippen LogP contribution in [0.2, 0.25) is 0 Å². The monoisotopic (exact) mass is 377 g/mol. The van der Waals surface area contributed by atoms with Crippen molar-refractivity contribution in [2.45, 2.75) is 15.8 Å². The molecule has 5 heteroatoms. The van der Waals surface area contributed by atoms with Crippen LogP contribution in [-0.2, 0) is 15.9 Å². The molecular weight excluding hydrogens is 358 g/mol. The van der Waals surface area contributed by atoms with E-state index in [-0.39, 0.29) is 6.04 Å². The third-order valence-electron chi connectivity index (χ3n) is 4.43. The molecule has 3 aromatic carbocycles. The van der Waals surface area contributed by atoms with Gasteiger partial charge in [0.2, 0.25) is 5.90 Å². The van der Waals surface area contributed by atoms with Gasteiger partial charge in [-0.25, -0.2) is 4.99 Å². The zero-order valence-corrected chi connectivity index (χ0v) is 15.7. The summed E-state index contributed by atoms with van der Waals surface area (Å²) in [6.45, 7) is 0.489. The first-order valence-electron chi connectivity index (χ1n) is 8.67. The molecule has 1 aliphatic heterocycles. The van der Waals surface area contributed by atoms with Crippen molar-refractivity contribution in [2.75, 3.05) is 13.7 Å². The van der Waals surface area contributed by atoms with Gasteiger partial charge in [0.25, 0.3) is 0 Å². The Labute approximate surface area is 161 Å². The molecule has 4 nitrogen and oxygen atoms in total. The SMILES string of the molecule is COc1ccc([S@@+]([O-])c2ccccc2C2=NC(c3ccccc3)CO2)cc1. The van der Waals surface area contributed by atoms with Crippen molar-refractivity contribution in [3.8, 4) is 5.75 Å². The van der Waals surface area contributed by atoms with E-state index in [1.807, 2.05) is 78.9 Å². The first-order chi connectivity index (χ1) is 13.3. The molecule has 1 aliphatic rings. The van der Waals surface area contributed by atoms with E-state index in [1.165, 1.54) is 0 Å². The first-order valence-corrected chi connectivity index (χ1v) is 9.82. The highest BCUT2D eigenvalue weighted by atomic mass is 32.2. The highest BCUT2D eigenvalue weighted by Crippen LogP contribution is 2.30. The zero-order valence-electron chi connectivity index (χ0n) is 14.9. The number of benzene rings is 3. The molecule has 0 fully saturated rings. The fourth-order valence-electron chi connectivity index (χ4n) is 3.00. The van der Waals surface area contributed by atoms with Gasteiger partial charge in [0.05, 0.1) is 12.7 Å². The molecule has 136 valence electrons. The summed E-state index contributed by atoms with van der Waals surface area (Å²) in [7, 11) is 1.61. The molecule has 0 saturated heterocycles. The van der Waals surface area contributed by atoms with Crippen molar-refractivity contribution in [3.05, 3.63) is 90.0 Å². The average molecular weight is 377 g/mol. The molecule has 0 bridgehead atoms. The molecule has 0 saturated carbocycles. The molecule has 0 radical (unpaired) electrons. The molecule has 1 heterocycles. The largest absolute Gasteiger partial charge is 0.606 e. The lowest BCUT2D eigenvalue weighted by atomic mass is 10.1. The van der Waals surface area contributed by atoms with E-state index in [0.29, 0.717) is 22.3 Å². The van der Waals surface area contributed by atoms with Crippen LogP contribution in [0.25, 0.3) is 0 Å². The Kier molecular flexibility index (Phi) is 5.14. The summed E-state index contributed by atoms with van der Waals surface area (Å²) < 4.78 is 24.2. The predicted octanol–water partition coefficient (Wildman–Crippen LogP) is 4.38. The number of aliphatic imine (C=N–C) groups is 1. The normalized spacial score (nSPS) is 17.1. The van der Waals surface area contributed by atoms with Crippen molar-refractivity contribution < 1.29 is 14.0 Å². The lowest BCUT2D eigenvalue weighted by molar-refractivity contribution is 0.319. The van der Waals surface area contributed by atoms with Crippen LogP contribution in [0.4, 0.5) is 0 Å². The predicted molar refractivity (Wildman–Crippen MR) is 106 cm³/mol. The molecule has 0 aliphatic carbocycles. The summed E-state index contributed by atoms with van der Waals surface area (Å²) in [5, 5.41) is 0. The Morgan fingerprint density at radius 2 is 1.67 bits per heavy atom. The average Bonchev–Trinajstić information content (AvgIpc) is 3.24. The standard InChI is InChI=1S/C22H19NO3S/c1-25-17-11-13-18(14-12-17)27(24)21-10-6-5-9-19(21)22-23-20(15-26-22)16-7-3-2-4-8-16/h2-14,20H,15H2,1H3/t20?,27-/m1/s1. The minimum absolute atomic E-state index is 0.0383. The molecule has 0 N–H and O–H groups in total. The Morgan fingerprint density at radius 3 is 2.41 bits per heavy atom. The highest BCUT2D eigenvalue weighted by molar-refractivity contribution is 7.91. The van der Waals surface area contributed by atoms with Crippen LogP contribution in [0.5, 0.6) is 5.75 Å². The summed E-state index contributed by atoms with van der Waals surface area (Å²) in [6.07, 6.45) is 0. The Morgan fingerprint density at radius 1 is 0.963 bits per heavy atom. The van der Waals surface area contributed by atoms with Crippen LogP contribution < -0.4 is 4.74 Å². The van der Waals surface area contributed by atoms with Crippen molar-refractivity contribution in [1.82, 2.24) is 0 Å². The first kappa shape index (κ1) is 17.6. The Balaban J connectivity index is 1.65. The minimum Gasteiger partial charge on any atom is -0.606 e. The molecule has 0 aromatic heterocycles. The third kappa shape index (κ3) is 3.70. The zero-order chi connectivity index (χ0) is 18.6.